The number of amides is 1. The highest BCUT2D eigenvalue weighted by atomic mass is 35.5. The molecule has 1 unspecified atom stereocenters. The number of fused-ring (bicyclic) bond motifs is 1. The van der Waals surface area contributed by atoms with E-state index in [1.807, 2.05) is 23.8 Å². The number of hydrogen-bond acceptors (Lipinski definition) is 5. The Balaban J connectivity index is 1.54. The van der Waals surface area contributed by atoms with Crippen LogP contribution in [0.25, 0.3) is 5.69 Å². The normalized spacial score (nSPS) is 18.7. The van der Waals surface area contributed by atoms with Crippen molar-refractivity contribution in [2.45, 2.75) is 19.4 Å². The highest BCUT2D eigenvalue weighted by molar-refractivity contribution is 6.50. The molecule has 11 heteroatoms. The van der Waals surface area contributed by atoms with E-state index in [0.717, 1.165) is 23.5 Å². The van der Waals surface area contributed by atoms with Crippen molar-refractivity contribution >= 4 is 34.7 Å². The Bertz CT molecular complexity index is 1460. The Labute approximate surface area is 209 Å². The van der Waals surface area contributed by atoms with Gasteiger partial charge in [-0.1, -0.05) is 11.6 Å². The third kappa shape index (κ3) is 4.39. The quantitative estimate of drug-likeness (QED) is 0.450. The Kier molecular flexibility index (Phi) is 6.13. The predicted octanol–water partition coefficient (Wildman–Crippen LogP) is 5.19. The van der Waals surface area contributed by atoms with E-state index in [2.05, 4.69) is 15.0 Å². The van der Waals surface area contributed by atoms with E-state index in [0.29, 0.717) is 22.2 Å². The first kappa shape index (κ1) is 23.8. The Morgan fingerprint density at radius 1 is 1.17 bits per heavy atom. The number of aromatic nitrogens is 2. The van der Waals surface area contributed by atoms with Crippen LogP contribution < -0.4 is 4.74 Å². The highest BCUT2D eigenvalue weighted by Crippen LogP contribution is 2.35. The number of benzene rings is 2. The fraction of sp³-hybridized carbons (Fsp3) is 0.200. The summed E-state index contributed by atoms with van der Waals surface area (Å²) in [5.41, 5.74) is 2.49. The molecule has 2 aliphatic heterocycles. The summed E-state index contributed by atoms with van der Waals surface area (Å²) in [6, 6.07) is 6.24. The van der Waals surface area contributed by atoms with Crippen LogP contribution in [0.5, 0.6) is 5.75 Å². The molecule has 0 saturated carbocycles. The van der Waals surface area contributed by atoms with Crippen molar-refractivity contribution in [3.63, 3.8) is 0 Å². The van der Waals surface area contributed by atoms with E-state index in [4.69, 9.17) is 16.3 Å². The fourth-order valence-corrected chi connectivity index (χ4v) is 4.48. The first-order valence-corrected chi connectivity index (χ1v) is 11.3. The molecule has 1 atom stereocenters. The Morgan fingerprint density at radius 2 is 1.92 bits per heavy atom. The molecule has 1 aromatic heterocycles. The van der Waals surface area contributed by atoms with Gasteiger partial charge in [0.05, 0.1) is 49.5 Å². The van der Waals surface area contributed by atoms with E-state index in [9.17, 15) is 18.0 Å². The van der Waals surface area contributed by atoms with Crippen LogP contribution >= 0.6 is 11.6 Å². The zero-order valence-electron chi connectivity index (χ0n) is 19.2. The summed E-state index contributed by atoms with van der Waals surface area (Å²) in [6.45, 7) is 2.02. The Hall–Kier alpha value is -3.92. The van der Waals surface area contributed by atoms with Gasteiger partial charge < -0.3 is 14.2 Å². The number of carbonyl (C=O) groups excluding carboxylic acids is 1. The van der Waals surface area contributed by atoms with E-state index in [1.165, 1.54) is 7.11 Å². The van der Waals surface area contributed by atoms with Crippen molar-refractivity contribution in [3.05, 3.63) is 82.7 Å². The van der Waals surface area contributed by atoms with Gasteiger partial charge in [-0.25, -0.2) is 23.1 Å². The number of ether oxygens (including phenoxy) is 1. The summed E-state index contributed by atoms with van der Waals surface area (Å²) in [5.74, 6) is -4.01. The molecule has 0 bridgehead atoms. The zero-order chi connectivity index (χ0) is 25.6. The van der Waals surface area contributed by atoms with E-state index >= 15 is 0 Å². The molecule has 5 rings (SSSR count). The van der Waals surface area contributed by atoms with Gasteiger partial charge >= 0.3 is 0 Å². The number of aliphatic imine (C=N–C) groups is 2. The average Bonchev–Trinajstić information content (AvgIpc) is 3.28. The summed E-state index contributed by atoms with van der Waals surface area (Å²) >= 11 is 6.40. The van der Waals surface area contributed by atoms with Gasteiger partial charge in [0.2, 0.25) is 5.91 Å². The molecule has 36 heavy (non-hydrogen) atoms. The molecule has 1 amide bonds. The number of rotatable bonds is 4. The summed E-state index contributed by atoms with van der Waals surface area (Å²) in [7, 11) is 1.54. The lowest BCUT2D eigenvalue weighted by Gasteiger charge is -2.38. The number of hydrogen-bond donors (Lipinski definition) is 0. The molecule has 7 nitrogen and oxygen atoms in total. The maximum Gasteiger partial charge on any atom is 0.250 e. The molecule has 2 aliphatic rings. The molecule has 0 saturated heterocycles. The number of nitrogens with zero attached hydrogens (tertiary/aromatic N) is 5. The maximum atomic E-state index is 14.0. The highest BCUT2D eigenvalue weighted by Gasteiger charge is 2.36. The van der Waals surface area contributed by atoms with Crippen LogP contribution in [0.15, 0.2) is 63.9 Å². The molecular weight excluding hydrogens is 495 g/mol. The first-order valence-electron chi connectivity index (χ1n) is 10.9. The minimum atomic E-state index is -1.57. The van der Waals surface area contributed by atoms with Crippen molar-refractivity contribution in [2.75, 3.05) is 13.7 Å². The van der Waals surface area contributed by atoms with Crippen molar-refractivity contribution < 1.29 is 22.7 Å². The van der Waals surface area contributed by atoms with Crippen LogP contribution in [0.3, 0.4) is 0 Å². The molecule has 184 valence electrons. The third-order valence-electron chi connectivity index (χ3n) is 5.88. The first-order chi connectivity index (χ1) is 17.2. The SMILES string of the molecule is COc1cc(N=C2C=C(Cl)CN3C2=NC(=O)CC3c2cc(F)c(F)c(F)c2)ccc1-n1cnc(C)c1. The van der Waals surface area contributed by atoms with Gasteiger partial charge in [0.15, 0.2) is 23.3 Å². The number of imidazole rings is 1. The van der Waals surface area contributed by atoms with Gasteiger partial charge in [-0.15, -0.1) is 0 Å². The molecule has 0 radical (unpaired) electrons. The molecule has 3 aromatic rings. The lowest BCUT2D eigenvalue weighted by atomic mass is 9.97. The second-order valence-electron chi connectivity index (χ2n) is 8.34. The Morgan fingerprint density at radius 3 is 2.58 bits per heavy atom. The topological polar surface area (TPSA) is 72.1 Å². The summed E-state index contributed by atoms with van der Waals surface area (Å²) in [5, 5.41) is 0.382. The summed E-state index contributed by atoms with van der Waals surface area (Å²) < 4.78 is 48.8. The van der Waals surface area contributed by atoms with Crippen LogP contribution in [0.2, 0.25) is 0 Å². The van der Waals surface area contributed by atoms with E-state index in [1.54, 1.807) is 29.4 Å². The number of carbonyl (C=O) groups is 1. The van der Waals surface area contributed by atoms with E-state index in [-0.39, 0.29) is 24.4 Å². The van der Waals surface area contributed by atoms with E-state index < -0.39 is 29.4 Å². The minimum Gasteiger partial charge on any atom is -0.494 e. The van der Waals surface area contributed by atoms with Gasteiger partial charge in [0, 0.05) is 17.3 Å². The van der Waals surface area contributed by atoms with Crippen LogP contribution in [0.4, 0.5) is 18.9 Å². The number of amidine groups is 1. The summed E-state index contributed by atoms with van der Waals surface area (Å²) in [6.07, 6.45) is 4.95. The summed E-state index contributed by atoms with van der Waals surface area (Å²) in [4.78, 5) is 27.1. The third-order valence-corrected chi connectivity index (χ3v) is 6.11. The molecule has 0 aliphatic carbocycles. The van der Waals surface area contributed by atoms with Gasteiger partial charge in [-0.3, -0.25) is 4.79 Å². The lowest BCUT2D eigenvalue weighted by Crippen LogP contribution is -2.46. The fourth-order valence-electron chi connectivity index (χ4n) is 4.25. The standard InChI is InChI=1S/C25H19ClF3N5O2/c1-13-10-33(12-30-13)20-4-3-16(8-22(20)36-2)31-19-7-15(26)11-34-21(9-23(35)32-25(19)34)14-5-17(27)24(29)18(28)6-14/h3-8,10,12,21H,9,11H2,1-2H3. The number of methoxy groups -OCH3 is 1. The van der Waals surface area contributed by atoms with Gasteiger partial charge in [-0.2, -0.15) is 4.99 Å². The van der Waals surface area contributed by atoms with Gasteiger partial charge in [-0.05, 0) is 42.8 Å². The van der Waals surface area contributed by atoms with Crippen LogP contribution in [0, 0.1) is 24.4 Å². The molecule has 0 N–H and O–H groups in total. The van der Waals surface area contributed by atoms with Crippen molar-refractivity contribution in [2.24, 2.45) is 9.98 Å². The van der Waals surface area contributed by atoms with Crippen molar-refractivity contribution in [1.82, 2.24) is 14.5 Å². The number of aryl methyl sites for hydroxylation is 1. The van der Waals surface area contributed by atoms with Gasteiger partial charge in [0.25, 0.3) is 0 Å². The molecule has 0 spiro atoms. The van der Waals surface area contributed by atoms with Crippen molar-refractivity contribution in [1.29, 1.82) is 0 Å². The molecule has 3 heterocycles. The molecule has 0 fully saturated rings. The second-order valence-corrected chi connectivity index (χ2v) is 8.83. The average molecular weight is 514 g/mol. The van der Waals surface area contributed by atoms with Gasteiger partial charge in [0.1, 0.15) is 11.5 Å². The van der Waals surface area contributed by atoms with Crippen molar-refractivity contribution in [3.8, 4) is 11.4 Å². The van der Waals surface area contributed by atoms with Crippen LogP contribution in [-0.2, 0) is 4.79 Å². The zero-order valence-corrected chi connectivity index (χ0v) is 19.9. The molecule has 2 aromatic carbocycles. The predicted molar refractivity (Wildman–Crippen MR) is 129 cm³/mol. The largest absolute Gasteiger partial charge is 0.494 e. The smallest absolute Gasteiger partial charge is 0.250 e. The number of halogens is 4. The molecular formula is C25H19ClF3N5O2. The monoisotopic (exact) mass is 513 g/mol. The maximum absolute atomic E-state index is 14.0. The van der Waals surface area contributed by atoms with Crippen LogP contribution in [-0.4, -0.2) is 45.6 Å². The van der Waals surface area contributed by atoms with Crippen LogP contribution in [0.1, 0.15) is 23.7 Å². The lowest BCUT2D eigenvalue weighted by molar-refractivity contribution is -0.119. The minimum absolute atomic E-state index is 0.0968. The second kappa shape index (κ2) is 9.27.